The third kappa shape index (κ3) is 3.28. The lowest BCUT2D eigenvalue weighted by Crippen LogP contribution is -2.06. The molecule has 0 radical (unpaired) electrons. The standard InChI is InChI=1S/C14H7F3N4/c15-14(16,17)10-1-4-13(9(5-10)6-18)21-12-3-2-11(7-19)20-8-12/h1-5,8,21H. The molecule has 0 aliphatic carbocycles. The fourth-order valence-corrected chi connectivity index (χ4v) is 1.61. The highest BCUT2D eigenvalue weighted by Gasteiger charge is 2.31. The van der Waals surface area contributed by atoms with Crippen molar-refractivity contribution in [2.75, 3.05) is 5.32 Å². The van der Waals surface area contributed by atoms with Gasteiger partial charge in [0.15, 0.2) is 0 Å². The predicted octanol–water partition coefficient (Wildman–Crippen LogP) is 3.59. The summed E-state index contributed by atoms with van der Waals surface area (Å²) in [7, 11) is 0. The number of nitriles is 2. The average molecular weight is 288 g/mol. The summed E-state index contributed by atoms with van der Waals surface area (Å²) in [6, 6.07) is 9.41. The van der Waals surface area contributed by atoms with Gasteiger partial charge in [0.25, 0.3) is 0 Å². The molecule has 0 saturated heterocycles. The Balaban J connectivity index is 2.32. The lowest BCUT2D eigenvalue weighted by atomic mass is 10.1. The first kappa shape index (κ1) is 14.4. The predicted molar refractivity (Wildman–Crippen MR) is 68.4 cm³/mol. The van der Waals surface area contributed by atoms with Crippen molar-refractivity contribution in [3.05, 3.63) is 53.3 Å². The van der Waals surface area contributed by atoms with E-state index in [4.69, 9.17) is 10.5 Å². The molecule has 1 heterocycles. The second-order valence-electron chi connectivity index (χ2n) is 4.04. The van der Waals surface area contributed by atoms with Crippen molar-refractivity contribution in [2.45, 2.75) is 6.18 Å². The van der Waals surface area contributed by atoms with E-state index in [9.17, 15) is 13.2 Å². The molecule has 2 aromatic rings. The molecule has 0 aliphatic rings. The Morgan fingerprint density at radius 2 is 1.81 bits per heavy atom. The van der Waals surface area contributed by atoms with Crippen molar-refractivity contribution in [1.82, 2.24) is 4.98 Å². The van der Waals surface area contributed by atoms with Crippen LogP contribution in [-0.2, 0) is 6.18 Å². The molecule has 1 N–H and O–H groups in total. The van der Waals surface area contributed by atoms with E-state index in [-0.39, 0.29) is 16.9 Å². The highest BCUT2D eigenvalue weighted by molar-refractivity contribution is 5.66. The Kier molecular flexibility index (Phi) is 3.77. The zero-order valence-electron chi connectivity index (χ0n) is 10.4. The summed E-state index contributed by atoms with van der Waals surface area (Å²) >= 11 is 0. The quantitative estimate of drug-likeness (QED) is 0.916. The monoisotopic (exact) mass is 288 g/mol. The van der Waals surface area contributed by atoms with Gasteiger partial charge in [-0.05, 0) is 30.3 Å². The van der Waals surface area contributed by atoms with Crippen LogP contribution < -0.4 is 5.32 Å². The topological polar surface area (TPSA) is 72.5 Å². The van der Waals surface area contributed by atoms with Crippen molar-refractivity contribution < 1.29 is 13.2 Å². The number of alkyl halides is 3. The minimum atomic E-state index is -4.50. The van der Waals surface area contributed by atoms with Crippen LogP contribution in [0.25, 0.3) is 0 Å². The second kappa shape index (κ2) is 5.51. The van der Waals surface area contributed by atoms with Gasteiger partial charge < -0.3 is 5.32 Å². The number of rotatable bonds is 2. The van der Waals surface area contributed by atoms with E-state index in [1.165, 1.54) is 18.3 Å². The van der Waals surface area contributed by atoms with Crippen molar-refractivity contribution in [2.24, 2.45) is 0 Å². The Labute approximate surface area is 118 Å². The fraction of sp³-hybridized carbons (Fsp3) is 0.0714. The highest BCUT2D eigenvalue weighted by Crippen LogP contribution is 2.32. The van der Waals surface area contributed by atoms with Gasteiger partial charge in [-0.2, -0.15) is 23.7 Å². The van der Waals surface area contributed by atoms with Gasteiger partial charge >= 0.3 is 6.18 Å². The first-order valence-electron chi connectivity index (χ1n) is 5.68. The van der Waals surface area contributed by atoms with Crippen LogP contribution >= 0.6 is 0 Å². The molecule has 1 aromatic heterocycles. The van der Waals surface area contributed by atoms with E-state index >= 15 is 0 Å². The molecule has 1 aromatic carbocycles. The van der Waals surface area contributed by atoms with Crippen molar-refractivity contribution in [3.8, 4) is 12.1 Å². The molecule has 0 aliphatic heterocycles. The number of nitrogens with zero attached hydrogens (tertiary/aromatic N) is 3. The molecule has 0 bridgehead atoms. The molecule has 0 amide bonds. The van der Waals surface area contributed by atoms with E-state index in [1.807, 2.05) is 6.07 Å². The Morgan fingerprint density at radius 1 is 1.05 bits per heavy atom. The smallest absolute Gasteiger partial charge is 0.353 e. The van der Waals surface area contributed by atoms with E-state index in [1.54, 1.807) is 12.1 Å². The third-order valence-electron chi connectivity index (χ3n) is 2.62. The Hall–Kier alpha value is -3.06. The highest BCUT2D eigenvalue weighted by atomic mass is 19.4. The fourth-order valence-electron chi connectivity index (χ4n) is 1.61. The van der Waals surface area contributed by atoms with Crippen molar-refractivity contribution in [3.63, 3.8) is 0 Å². The van der Waals surface area contributed by atoms with Gasteiger partial charge in [-0.3, -0.25) is 0 Å². The first-order chi connectivity index (χ1) is 9.94. The van der Waals surface area contributed by atoms with Gasteiger partial charge in [0, 0.05) is 0 Å². The van der Waals surface area contributed by atoms with Crippen LogP contribution in [0.15, 0.2) is 36.5 Å². The summed E-state index contributed by atoms with van der Waals surface area (Å²) in [5.41, 5.74) is -0.104. The Morgan fingerprint density at radius 3 is 2.33 bits per heavy atom. The van der Waals surface area contributed by atoms with Gasteiger partial charge in [0.05, 0.1) is 28.7 Å². The number of nitrogens with one attached hydrogen (secondary N) is 1. The van der Waals surface area contributed by atoms with Gasteiger partial charge in [0.2, 0.25) is 0 Å². The zero-order valence-corrected chi connectivity index (χ0v) is 10.4. The van der Waals surface area contributed by atoms with Gasteiger partial charge in [0.1, 0.15) is 17.8 Å². The molecular weight excluding hydrogens is 281 g/mol. The molecule has 0 atom stereocenters. The molecule has 104 valence electrons. The van der Waals surface area contributed by atoms with Crippen molar-refractivity contribution >= 4 is 11.4 Å². The maximum absolute atomic E-state index is 12.6. The van der Waals surface area contributed by atoms with Gasteiger partial charge in [-0.1, -0.05) is 0 Å². The lowest BCUT2D eigenvalue weighted by molar-refractivity contribution is -0.137. The van der Waals surface area contributed by atoms with Crippen LogP contribution in [0, 0.1) is 22.7 Å². The van der Waals surface area contributed by atoms with Crippen LogP contribution in [0.3, 0.4) is 0 Å². The minimum Gasteiger partial charge on any atom is -0.353 e. The minimum absolute atomic E-state index is 0.130. The average Bonchev–Trinajstić information content (AvgIpc) is 2.47. The van der Waals surface area contributed by atoms with Crippen LogP contribution in [0.5, 0.6) is 0 Å². The molecule has 21 heavy (non-hydrogen) atoms. The first-order valence-corrected chi connectivity index (χ1v) is 5.68. The molecule has 0 saturated carbocycles. The molecular formula is C14H7F3N4. The van der Waals surface area contributed by atoms with E-state index in [0.717, 1.165) is 12.1 Å². The number of halogens is 3. The van der Waals surface area contributed by atoms with Gasteiger partial charge in [-0.15, -0.1) is 0 Å². The summed E-state index contributed by atoms with van der Waals surface area (Å²) in [4.78, 5) is 3.82. The summed E-state index contributed by atoms with van der Waals surface area (Å²) in [6.45, 7) is 0. The molecule has 2 rings (SSSR count). The van der Waals surface area contributed by atoms with E-state index in [2.05, 4.69) is 10.3 Å². The maximum Gasteiger partial charge on any atom is 0.416 e. The Bertz CT molecular complexity index is 737. The van der Waals surface area contributed by atoms with Gasteiger partial charge in [-0.25, -0.2) is 4.98 Å². The normalized spacial score (nSPS) is 10.5. The zero-order chi connectivity index (χ0) is 15.5. The third-order valence-corrected chi connectivity index (χ3v) is 2.62. The van der Waals surface area contributed by atoms with Crippen LogP contribution in [0.2, 0.25) is 0 Å². The van der Waals surface area contributed by atoms with Crippen LogP contribution in [-0.4, -0.2) is 4.98 Å². The number of aromatic nitrogens is 1. The number of benzene rings is 1. The number of pyridine rings is 1. The second-order valence-corrected chi connectivity index (χ2v) is 4.04. The molecule has 0 spiro atoms. The summed E-state index contributed by atoms with van der Waals surface area (Å²) < 4.78 is 37.7. The van der Waals surface area contributed by atoms with E-state index < -0.39 is 11.7 Å². The molecule has 0 fully saturated rings. The van der Waals surface area contributed by atoms with Crippen molar-refractivity contribution in [1.29, 1.82) is 10.5 Å². The maximum atomic E-state index is 12.6. The largest absolute Gasteiger partial charge is 0.416 e. The van der Waals surface area contributed by atoms with E-state index in [0.29, 0.717) is 5.69 Å². The summed E-state index contributed by atoms with van der Waals surface area (Å²) in [5.74, 6) is 0. The number of hydrogen-bond acceptors (Lipinski definition) is 4. The number of hydrogen-bond donors (Lipinski definition) is 1. The molecule has 4 nitrogen and oxygen atoms in total. The van der Waals surface area contributed by atoms with Crippen LogP contribution in [0.4, 0.5) is 24.5 Å². The summed E-state index contributed by atoms with van der Waals surface area (Å²) in [6.07, 6.45) is -3.14. The SMILES string of the molecule is N#Cc1ccc(Nc2ccc(C(F)(F)F)cc2C#N)cn1. The number of anilines is 2. The summed E-state index contributed by atoms with van der Waals surface area (Å²) in [5, 5.41) is 20.4. The lowest BCUT2D eigenvalue weighted by Gasteiger charge is -2.11. The molecule has 7 heteroatoms. The molecule has 0 unspecified atom stereocenters. The van der Waals surface area contributed by atoms with Crippen LogP contribution in [0.1, 0.15) is 16.8 Å².